The Labute approximate surface area is 142 Å². The molecular formula is C20H23N3O. The molecule has 0 aliphatic rings. The number of hydrogen-bond donors (Lipinski definition) is 1. The molecule has 0 atom stereocenters. The molecule has 0 radical (unpaired) electrons. The highest BCUT2D eigenvalue weighted by Gasteiger charge is 2.04. The van der Waals surface area contributed by atoms with Gasteiger partial charge >= 0.3 is 0 Å². The van der Waals surface area contributed by atoms with Gasteiger partial charge in [0.2, 0.25) is 5.91 Å². The van der Waals surface area contributed by atoms with Crippen LogP contribution in [0.3, 0.4) is 0 Å². The van der Waals surface area contributed by atoms with Crippen molar-refractivity contribution < 1.29 is 4.79 Å². The van der Waals surface area contributed by atoms with Gasteiger partial charge in [-0.15, -0.1) is 0 Å². The fourth-order valence-electron chi connectivity index (χ4n) is 2.73. The number of pyridine rings is 1. The van der Waals surface area contributed by atoms with Crippen LogP contribution in [0.4, 0.5) is 0 Å². The first-order chi connectivity index (χ1) is 11.7. The van der Waals surface area contributed by atoms with Gasteiger partial charge in [0.25, 0.3) is 0 Å². The Morgan fingerprint density at radius 3 is 2.62 bits per heavy atom. The number of aryl methyl sites for hydroxylation is 2. The molecule has 4 nitrogen and oxygen atoms in total. The molecule has 1 amide bonds. The van der Waals surface area contributed by atoms with E-state index in [1.807, 2.05) is 35.0 Å². The number of rotatable bonds is 7. The molecule has 0 spiro atoms. The number of carbonyl (C=O) groups excluding carboxylic acids is 1. The van der Waals surface area contributed by atoms with Gasteiger partial charge in [-0.05, 0) is 36.1 Å². The second kappa shape index (κ2) is 7.77. The Hall–Kier alpha value is -2.62. The maximum Gasteiger partial charge on any atom is 0.220 e. The topological polar surface area (TPSA) is 46.4 Å². The van der Waals surface area contributed by atoms with Crippen molar-refractivity contribution in [3.8, 4) is 0 Å². The van der Waals surface area contributed by atoms with Crippen molar-refractivity contribution in [2.45, 2.75) is 32.6 Å². The van der Waals surface area contributed by atoms with Gasteiger partial charge < -0.3 is 9.72 Å². The van der Waals surface area contributed by atoms with Gasteiger partial charge in [0, 0.05) is 31.8 Å². The minimum Gasteiger partial charge on any atom is -0.356 e. The van der Waals surface area contributed by atoms with E-state index in [-0.39, 0.29) is 5.91 Å². The van der Waals surface area contributed by atoms with Crippen molar-refractivity contribution in [3.05, 3.63) is 71.7 Å². The van der Waals surface area contributed by atoms with Crippen LogP contribution in [-0.4, -0.2) is 21.8 Å². The van der Waals surface area contributed by atoms with Crippen LogP contribution >= 0.6 is 0 Å². The van der Waals surface area contributed by atoms with Crippen LogP contribution in [0, 0.1) is 0 Å². The van der Waals surface area contributed by atoms with E-state index in [1.54, 1.807) is 0 Å². The fraction of sp³-hybridized carbons (Fsp3) is 0.300. The van der Waals surface area contributed by atoms with Gasteiger partial charge in [-0.2, -0.15) is 0 Å². The predicted octanol–water partition coefficient (Wildman–Crippen LogP) is 3.19. The maximum atomic E-state index is 12.0. The van der Waals surface area contributed by atoms with Crippen molar-refractivity contribution in [3.63, 3.8) is 0 Å². The quantitative estimate of drug-likeness (QED) is 0.726. The van der Waals surface area contributed by atoms with E-state index in [4.69, 9.17) is 0 Å². The Bertz CT molecular complexity index is 772. The van der Waals surface area contributed by atoms with Crippen molar-refractivity contribution in [2.75, 3.05) is 6.54 Å². The molecule has 0 aliphatic heterocycles. The number of nitrogens with one attached hydrogen (secondary N) is 1. The Morgan fingerprint density at radius 1 is 1.08 bits per heavy atom. The molecule has 0 unspecified atom stereocenters. The molecule has 24 heavy (non-hydrogen) atoms. The average molecular weight is 321 g/mol. The summed E-state index contributed by atoms with van der Waals surface area (Å²) in [5.41, 5.74) is 4.48. The number of amides is 1. The molecule has 0 saturated heterocycles. The largest absolute Gasteiger partial charge is 0.356 e. The number of aromatic nitrogens is 2. The molecule has 2 aromatic heterocycles. The van der Waals surface area contributed by atoms with E-state index in [0.29, 0.717) is 13.0 Å². The predicted molar refractivity (Wildman–Crippen MR) is 96.0 cm³/mol. The zero-order valence-electron chi connectivity index (χ0n) is 14.0. The molecule has 4 heteroatoms. The standard InChI is InChI=1S/C20H23N3O/c1-2-16-6-8-17(9-7-16)10-11-20(24)21-13-12-18-15-23-14-4-3-5-19(23)22-18/h3-9,14-15H,2,10-13H2,1H3,(H,21,24). The lowest BCUT2D eigenvalue weighted by atomic mass is 10.1. The molecule has 0 aliphatic carbocycles. The number of carbonyl (C=O) groups is 1. The van der Waals surface area contributed by atoms with Crippen LogP contribution < -0.4 is 5.32 Å². The number of fused-ring (bicyclic) bond motifs is 1. The van der Waals surface area contributed by atoms with Crippen molar-refractivity contribution in [1.82, 2.24) is 14.7 Å². The highest BCUT2D eigenvalue weighted by atomic mass is 16.1. The van der Waals surface area contributed by atoms with Crippen LogP contribution in [0.25, 0.3) is 5.65 Å². The SMILES string of the molecule is CCc1ccc(CCC(=O)NCCc2cn3ccccc3n2)cc1. The normalized spacial score (nSPS) is 10.9. The Balaban J connectivity index is 1.41. The van der Waals surface area contributed by atoms with Gasteiger partial charge in [0.1, 0.15) is 5.65 Å². The van der Waals surface area contributed by atoms with Crippen molar-refractivity contribution in [1.29, 1.82) is 0 Å². The summed E-state index contributed by atoms with van der Waals surface area (Å²) >= 11 is 0. The molecule has 0 fully saturated rings. The molecule has 124 valence electrons. The second-order valence-electron chi connectivity index (χ2n) is 5.97. The maximum absolute atomic E-state index is 12.0. The first-order valence-electron chi connectivity index (χ1n) is 8.51. The lowest BCUT2D eigenvalue weighted by molar-refractivity contribution is -0.121. The number of hydrogen-bond acceptors (Lipinski definition) is 2. The molecule has 0 bridgehead atoms. The van der Waals surface area contributed by atoms with Crippen LogP contribution in [0.5, 0.6) is 0 Å². The second-order valence-corrected chi connectivity index (χ2v) is 5.97. The summed E-state index contributed by atoms with van der Waals surface area (Å²) in [5.74, 6) is 0.0957. The smallest absolute Gasteiger partial charge is 0.220 e. The summed E-state index contributed by atoms with van der Waals surface area (Å²) in [5, 5.41) is 2.98. The molecule has 1 N–H and O–H groups in total. The van der Waals surface area contributed by atoms with Crippen molar-refractivity contribution >= 4 is 11.6 Å². The Morgan fingerprint density at radius 2 is 1.88 bits per heavy atom. The van der Waals surface area contributed by atoms with E-state index >= 15 is 0 Å². The van der Waals surface area contributed by atoms with Crippen LogP contribution in [0.15, 0.2) is 54.9 Å². The average Bonchev–Trinajstić information content (AvgIpc) is 3.03. The molecule has 1 aromatic carbocycles. The number of benzene rings is 1. The third-order valence-corrected chi connectivity index (χ3v) is 4.19. The van der Waals surface area contributed by atoms with Crippen LogP contribution in [0.2, 0.25) is 0 Å². The molecule has 3 rings (SSSR count). The summed E-state index contributed by atoms with van der Waals surface area (Å²) in [7, 11) is 0. The highest BCUT2D eigenvalue weighted by Crippen LogP contribution is 2.07. The first kappa shape index (κ1) is 16.2. The lowest BCUT2D eigenvalue weighted by Gasteiger charge is -2.05. The Kier molecular flexibility index (Phi) is 5.26. The van der Waals surface area contributed by atoms with Crippen LogP contribution in [0.1, 0.15) is 30.2 Å². The summed E-state index contributed by atoms with van der Waals surface area (Å²) in [6, 6.07) is 14.4. The zero-order chi connectivity index (χ0) is 16.8. The summed E-state index contributed by atoms with van der Waals surface area (Å²) < 4.78 is 2.00. The summed E-state index contributed by atoms with van der Waals surface area (Å²) in [4.78, 5) is 16.5. The third-order valence-electron chi connectivity index (χ3n) is 4.19. The van der Waals surface area contributed by atoms with Gasteiger partial charge in [-0.25, -0.2) is 4.98 Å². The van der Waals surface area contributed by atoms with E-state index in [1.165, 1.54) is 11.1 Å². The van der Waals surface area contributed by atoms with E-state index in [2.05, 4.69) is 41.5 Å². The highest BCUT2D eigenvalue weighted by molar-refractivity contribution is 5.76. The molecule has 3 aromatic rings. The van der Waals surface area contributed by atoms with E-state index < -0.39 is 0 Å². The van der Waals surface area contributed by atoms with E-state index in [0.717, 1.165) is 30.6 Å². The van der Waals surface area contributed by atoms with Crippen LogP contribution in [-0.2, 0) is 24.1 Å². The number of nitrogens with zero attached hydrogens (tertiary/aromatic N) is 2. The molecule has 2 heterocycles. The summed E-state index contributed by atoms with van der Waals surface area (Å²) in [6.07, 6.45) is 7.09. The van der Waals surface area contributed by atoms with Crippen molar-refractivity contribution in [2.24, 2.45) is 0 Å². The third kappa shape index (κ3) is 4.22. The lowest BCUT2D eigenvalue weighted by Crippen LogP contribution is -2.25. The minimum absolute atomic E-state index is 0.0957. The summed E-state index contributed by atoms with van der Waals surface area (Å²) in [6.45, 7) is 2.77. The molecular weight excluding hydrogens is 298 g/mol. The minimum atomic E-state index is 0.0957. The van der Waals surface area contributed by atoms with E-state index in [9.17, 15) is 4.79 Å². The fourth-order valence-corrected chi connectivity index (χ4v) is 2.73. The molecule has 0 saturated carbocycles. The number of imidazole rings is 1. The van der Waals surface area contributed by atoms with Gasteiger partial charge in [0.15, 0.2) is 0 Å². The van der Waals surface area contributed by atoms with Gasteiger partial charge in [-0.1, -0.05) is 37.3 Å². The zero-order valence-corrected chi connectivity index (χ0v) is 14.0. The van der Waals surface area contributed by atoms with Gasteiger partial charge in [0.05, 0.1) is 5.69 Å². The van der Waals surface area contributed by atoms with Gasteiger partial charge in [-0.3, -0.25) is 4.79 Å². The monoisotopic (exact) mass is 321 g/mol. The first-order valence-corrected chi connectivity index (χ1v) is 8.51.